The number of hydrogen-bond donors (Lipinski definition) is 1. The van der Waals surface area contributed by atoms with Gasteiger partial charge in [0.15, 0.2) is 5.69 Å². The van der Waals surface area contributed by atoms with Crippen LogP contribution in [0, 0.1) is 6.92 Å². The van der Waals surface area contributed by atoms with Crippen molar-refractivity contribution >= 4 is 5.97 Å². The number of hydrogen-bond acceptors (Lipinski definition) is 2. The maximum Gasteiger partial charge on any atom is 0.354 e. The molecule has 0 aliphatic carbocycles. The molecule has 3 nitrogen and oxygen atoms in total. The van der Waals surface area contributed by atoms with Crippen LogP contribution in [-0.4, -0.2) is 16.1 Å². The molecule has 0 saturated heterocycles. The zero-order valence-corrected chi connectivity index (χ0v) is 12.8. The van der Waals surface area contributed by atoms with E-state index in [2.05, 4.69) is 29.2 Å². The summed E-state index contributed by atoms with van der Waals surface area (Å²) in [6, 6.07) is 22.3. The van der Waals surface area contributed by atoms with E-state index in [4.69, 9.17) is 5.11 Å². The number of aromatic carboxylic acids is 1. The molecular weight excluding hydrogens is 286 g/mol. The standard InChI is InChI=1S/C20H17NO2/c1-14-12-17(13-21-19(14)20(22)23)18(15-8-4-2-5-9-15)16-10-6-3-7-11-16/h2-13,18H,1H3,(H,22,23). The fourth-order valence-electron chi connectivity index (χ4n) is 2.85. The first-order chi connectivity index (χ1) is 11.2. The molecule has 1 heterocycles. The van der Waals surface area contributed by atoms with Crippen molar-refractivity contribution in [1.29, 1.82) is 0 Å². The monoisotopic (exact) mass is 303 g/mol. The van der Waals surface area contributed by atoms with Gasteiger partial charge in [-0.05, 0) is 29.2 Å². The number of carboxylic acid groups (broad SMARTS) is 1. The zero-order valence-electron chi connectivity index (χ0n) is 12.8. The van der Waals surface area contributed by atoms with E-state index in [0.29, 0.717) is 5.56 Å². The Morgan fingerprint density at radius 1 is 0.913 bits per heavy atom. The van der Waals surface area contributed by atoms with E-state index in [-0.39, 0.29) is 11.6 Å². The van der Waals surface area contributed by atoms with E-state index in [0.717, 1.165) is 16.7 Å². The Bertz CT molecular complexity index is 774. The first kappa shape index (κ1) is 15.0. The van der Waals surface area contributed by atoms with Gasteiger partial charge in [-0.25, -0.2) is 9.78 Å². The normalized spacial score (nSPS) is 10.7. The molecule has 0 unspecified atom stereocenters. The third-order valence-corrected chi connectivity index (χ3v) is 3.90. The molecule has 23 heavy (non-hydrogen) atoms. The Balaban J connectivity index is 2.13. The highest BCUT2D eigenvalue weighted by atomic mass is 16.4. The van der Waals surface area contributed by atoms with Crippen LogP contribution in [0.4, 0.5) is 0 Å². The summed E-state index contributed by atoms with van der Waals surface area (Å²) in [5.41, 5.74) is 4.08. The minimum Gasteiger partial charge on any atom is -0.477 e. The molecular formula is C20H17NO2. The second kappa shape index (κ2) is 6.44. The second-order valence-electron chi connectivity index (χ2n) is 5.49. The molecule has 0 atom stereocenters. The fraction of sp³-hybridized carbons (Fsp3) is 0.100. The molecule has 3 heteroatoms. The van der Waals surface area contributed by atoms with Gasteiger partial charge in [0.2, 0.25) is 0 Å². The fourth-order valence-corrected chi connectivity index (χ4v) is 2.85. The van der Waals surface area contributed by atoms with Crippen LogP contribution in [0.15, 0.2) is 72.9 Å². The molecule has 0 spiro atoms. The van der Waals surface area contributed by atoms with E-state index in [9.17, 15) is 4.79 Å². The Kier molecular flexibility index (Phi) is 4.20. The summed E-state index contributed by atoms with van der Waals surface area (Å²) in [5.74, 6) is -0.962. The summed E-state index contributed by atoms with van der Waals surface area (Å²) >= 11 is 0. The highest BCUT2D eigenvalue weighted by molar-refractivity contribution is 5.87. The van der Waals surface area contributed by atoms with E-state index in [1.807, 2.05) is 42.5 Å². The van der Waals surface area contributed by atoms with Gasteiger partial charge in [0, 0.05) is 12.1 Å². The second-order valence-corrected chi connectivity index (χ2v) is 5.49. The van der Waals surface area contributed by atoms with Crippen molar-refractivity contribution in [3.05, 3.63) is 101 Å². The van der Waals surface area contributed by atoms with Crippen LogP contribution < -0.4 is 0 Å². The highest BCUT2D eigenvalue weighted by Crippen LogP contribution is 2.32. The number of nitrogens with zero attached hydrogens (tertiary/aromatic N) is 1. The SMILES string of the molecule is Cc1cc(C(c2ccccc2)c2ccccc2)cnc1C(=O)O. The molecule has 0 fully saturated rings. The van der Waals surface area contributed by atoms with Gasteiger partial charge in [-0.1, -0.05) is 66.7 Å². The molecule has 0 radical (unpaired) electrons. The lowest BCUT2D eigenvalue weighted by atomic mass is 9.85. The topological polar surface area (TPSA) is 50.2 Å². The Labute approximate surface area is 135 Å². The lowest BCUT2D eigenvalue weighted by Gasteiger charge is -2.19. The molecule has 0 aliphatic heterocycles. The van der Waals surface area contributed by atoms with E-state index < -0.39 is 5.97 Å². The number of carbonyl (C=O) groups is 1. The van der Waals surface area contributed by atoms with Crippen LogP contribution in [0.2, 0.25) is 0 Å². The van der Waals surface area contributed by atoms with E-state index in [1.54, 1.807) is 13.1 Å². The molecule has 0 saturated carbocycles. The number of aromatic nitrogens is 1. The van der Waals surface area contributed by atoms with Crippen molar-refractivity contribution in [3.63, 3.8) is 0 Å². The first-order valence-corrected chi connectivity index (χ1v) is 7.46. The Morgan fingerprint density at radius 2 is 1.43 bits per heavy atom. The van der Waals surface area contributed by atoms with Gasteiger partial charge in [-0.2, -0.15) is 0 Å². The van der Waals surface area contributed by atoms with Crippen LogP contribution in [0.1, 0.15) is 38.7 Å². The summed E-state index contributed by atoms with van der Waals surface area (Å²) in [7, 11) is 0. The van der Waals surface area contributed by atoms with Gasteiger partial charge in [0.1, 0.15) is 0 Å². The summed E-state index contributed by atoms with van der Waals surface area (Å²) in [4.78, 5) is 15.3. The largest absolute Gasteiger partial charge is 0.477 e. The average molecular weight is 303 g/mol. The molecule has 2 aromatic carbocycles. The zero-order chi connectivity index (χ0) is 16.2. The minimum atomic E-state index is -0.995. The van der Waals surface area contributed by atoms with Crippen molar-refractivity contribution < 1.29 is 9.90 Å². The predicted octanol–water partition coefficient (Wildman–Crippen LogP) is 4.27. The average Bonchev–Trinajstić information content (AvgIpc) is 2.57. The summed E-state index contributed by atoms with van der Waals surface area (Å²) in [5, 5.41) is 9.17. The van der Waals surface area contributed by atoms with Crippen LogP contribution in [-0.2, 0) is 0 Å². The molecule has 114 valence electrons. The van der Waals surface area contributed by atoms with Crippen LogP contribution in [0.25, 0.3) is 0 Å². The summed E-state index contributed by atoms with van der Waals surface area (Å²) in [6.45, 7) is 1.78. The van der Waals surface area contributed by atoms with Crippen LogP contribution in [0.5, 0.6) is 0 Å². The van der Waals surface area contributed by atoms with Crippen molar-refractivity contribution in [2.75, 3.05) is 0 Å². The Morgan fingerprint density at radius 3 is 1.87 bits per heavy atom. The molecule has 1 N–H and O–H groups in total. The molecule has 3 aromatic rings. The summed E-state index contributed by atoms with van der Waals surface area (Å²) in [6.07, 6.45) is 1.67. The van der Waals surface area contributed by atoms with Gasteiger partial charge in [0.25, 0.3) is 0 Å². The molecule has 0 amide bonds. The smallest absolute Gasteiger partial charge is 0.354 e. The lowest BCUT2D eigenvalue weighted by Crippen LogP contribution is -2.08. The molecule has 1 aromatic heterocycles. The van der Waals surface area contributed by atoms with Crippen molar-refractivity contribution in [2.45, 2.75) is 12.8 Å². The van der Waals surface area contributed by atoms with Crippen molar-refractivity contribution in [1.82, 2.24) is 4.98 Å². The van der Waals surface area contributed by atoms with Crippen LogP contribution in [0.3, 0.4) is 0 Å². The number of aryl methyl sites for hydroxylation is 1. The van der Waals surface area contributed by atoms with Gasteiger partial charge >= 0.3 is 5.97 Å². The number of pyridine rings is 1. The first-order valence-electron chi connectivity index (χ1n) is 7.46. The van der Waals surface area contributed by atoms with E-state index in [1.165, 1.54) is 0 Å². The summed E-state index contributed by atoms with van der Waals surface area (Å²) < 4.78 is 0. The van der Waals surface area contributed by atoms with Gasteiger partial charge in [-0.3, -0.25) is 0 Å². The quantitative estimate of drug-likeness (QED) is 0.783. The molecule has 0 bridgehead atoms. The molecule has 0 aliphatic rings. The Hall–Kier alpha value is -2.94. The highest BCUT2D eigenvalue weighted by Gasteiger charge is 2.19. The third-order valence-electron chi connectivity index (χ3n) is 3.90. The van der Waals surface area contributed by atoms with Crippen LogP contribution >= 0.6 is 0 Å². The van der Waals surface area contributed by atoms with E-state index >= 15 is 0 Å². The maximum absolute atomic E-state index is 11.2. The van der Waals surface area contributed by atoms with Crippen molar-refractivity contribution in [2.24, 2.45) is 0 Å². The number of rotatable bonds is 4. The predicted molar refractivity (Wildman–Crippen MR) is 89.8 cm³/mol. The molecule has 3 rings (SSSR count). The third kappa shape index (κ3) is 3.14. The van der Waals surface area contributed by atoms with Gasteiger partial charge < -0.3 is 5.11 Å². The number of benzene rings is 2. The number of carboxylic acids is 1. The lowest BCUT2D eigenvalue weighted by molar-refractivity contribution is 0.0689. The van der Waals surface area contributed by atoms with Crippen molar-refractivity contribution in [3.8, 4) is 0 Å². The van der Waals surface area contributed by atoms with Gasteiger partial charge in [-0.15, -0.1) is 0 Å². The minimum absolute atomic E-state index is 0.0337. The van der Waals surface area contributed by atoms with Gasteiger partial charge in [0.05, 0.1) is 0 Å². The maximum atomic E-state index is 11.2.